The zero-order valence-corrected chi connectivity index (χ0v) is 14.4. The van der Waals surface area contributed by atoms with Gasteiger partial charge >= 0.3 is 11.5 Å². The van der Waals surface area contributed by atoms with Gasteiger partial charge in [0.15, 0.2) is 0 Å². The Labute approximate surface area is 144 Å². The monoisotopic (exact) mass is 315 g/mol. The summed E-state index contributed by atoms with van der Waals surface area (Å²) in [6.45, 7) is 4.61. The summed E-state index contributed by atoms with van der Waals surface area (Å²) >= 11 is 0. The lowest BCUT2D eigenvalue weighted by molar-refractivity contribution is 0.327. The van der Waals surface area contributed by atoms with E-state index in [2.05, 4.69) is 74.5 Å². The fraction of sp³-hybridized carbons (Fsp3) is 0.261. The van der Waals surface area contributed by atoms with Crippen molar-refractivity contribution in [3.8, 4) is 22.5 Å². The van der Waals surface area contributed by atoms with E-state index < -0.39 is 0 Å². The first-order valence-corrected chi connectivity index (χ1v) is 8.76. The first kappa shape index (κ1) is 15.1. The van der Waals surface area contributed by atoms with E-state index in [1.54, 1.807) is 0 Å². The van der Waals surface area contributed by atoms with Crippen LogP contribution in [-0.4, -0.2) is 0 Å². The molecule has 1 aliphatic carbocycles. The number of hydrogen-bond donors (Lipinski definition) is 0. The van der Waals surface area contributed by atoms with E-state index in [1.165, 1.54) is 29.5 Å². The molecule has 1 aromatic heterocycles. The number of benzene rings is 2. The molecule has 2 aromatic carbocycles. The summed E-state index contributed by atoms with van der Waals surface area (Å²) in [7, 11) is 0. The van der Waals surface area contributed by atoms with Crippen LogP contribution in [0, 0.1) is 0 Å². The Bertz CT molecular complexity index is 848. The van der Waals surface area contributed by atoms with Gasteiger partial charge in [0, 0.05) is 5.56 Å². The highest BCUT2D eigenvalue weighted by Gasteiger charge is 2.40. The molecule has 0 unspecified atom stereocenters. The highest BCUT2D eigenvalue weighted by Crippen LogP contribution is 2.43. The molecular formula is C23H23O+. The Balaban J connectivity index is 1.99. The van der Waals surface area contributed by atoms with Crippen LogP contribution in [-0.2, 0) is 11.8 Å². The normalized spacial score (nSPS) is 15.8. The fourth-order valence-corrected chi connectivity index (χ4v) is 3.78. The molecule has 4 rings (SSSR count). The summed E-state index contributed by atoms with van der Waals surface area (Å²) in [6.07, 6.45) is 3.50. The smallest absolute Gasteiger partial charge is 0.211 e. The molecule has 0 aliphatic heterocycles. The minimum Gasteiger partial charge on any atom is -0.211 e. The van der Waals surface area contributed by atoms with Gasteiger partial charge in [0.05, 0.1) is 22.6 Å². The average Bonchev–Trinajstić information content (AvgIpc) is 2.62. The summed E-state index contributed by atoms with van der Waals surface area (Å²) in [6, 6.07) is 23.4. The summed E-state index contributed by atoms with van der Waals surface area (Å²) in [5, 5.41) is 0. The average molecular weight is 315 g/mol. The maximum Gasteiger partial charge on any atom is 0.360 e. The zero-order valence-electron chi connectivity index (χ0n) is 14.4. The molecule has 120 valence electrons. The Morgan fingerprint density at radius 2 is 1.46 bits per heavy atom. The van der Waals surface area contributed by atoms with Crippen LogP contribution >= 0.6 is 0 Å². The summed E-state index contributed by atoms with van der Waals surface area (Å²) in [5.41, 5.74) is 5.21. The second-order valence-corrected chi connectivity index (χ2v) is 7.30. The lowest BCUT2D eigenvalue weighted by Gasteiger charge is -2.25. The number of rotatable bonds is 2. The molecule has 0 amide bonds. The standard InChI is InChI=1S/C23H23O/c1-23(2)15-9-14-19-20(17-10-5-3-6-11-17)16-21(24-22(19)23)18-12-7-4-8-13-18/h3-8,10-13,16H,9,14-15H2,1-2H3/q+1. The molecule has 1 heterocycles. The molecular weight excluding hydrogens is 292 g/mol. The maximum absolute atomic E-state index is 6.46. The van der Waals surface area contributed by atoms with Crippen LogP contribution in [0.2, 0.25) is 0 Å². The van der Waals surface area contributed by atoms with Gasteiger partial charge in [-0.25, -0.2) is 4.42 Å². The van der Waals surface area contributed by atoms with Gasteiger partial charge in [0.1, 0.15) is 0 Å². The van der Waals surface area contributed by atoms with Crippen molar-refractivity contribution in [1.29, 1.82) is 0 Å². The third-order valence-electron chi connectivity index (χ3n) is 5.07. The van der Waals surface area contributed by atoms with Gasteiger partial charge in [0.25, 0.3) is 0 Å². The van der Waals surface area contributed by atoms with Crippen LogP contribution in [0.15, 0.2) is 71.1 Å². The molecule has 0 saturated carbocycles. The number of fused-ring (bicyclic) bond motifs is 1. The molecule has 24 heavy (non-hydrogen) atoms. The first-order chi connectivity index (χ1) is 11.6. The van der Waals surface area contributed by atoms with Gasteiger partial charge < -0.3 is 0 Å². The van der Waals surface area contributed by atoms with E-state index in [1.807, 2.05) is 6.07 Å². The number of hydrogen-bond acceptors (Lipinski definition) is 0. The Hall–Kier alpha value is -2.41. The van der Waals surface area contributed by atoms with Crippen molar-refractivity contribution in [2.45, 2.75) is 38.5 Å². The first-order valence-electron chi connectivity index (χ1n) is 8.76. The third kappa shape index (κ3) is 2.65. The van der Waals surface area contributed by atoms with Gasteiger partial charge in [-0.1, -0.05) is 48.5 Å². The molecule has 0 N–H and O–H groups in total. The third-order valence-corrected chi connectivity index (χ3v) is 5.07. The Kier molecular flexibility index (Phi) is 3.72. The van der Waals surface area contributed by atoms with Crippen LogP contribution in [0.5, 0.6) is 0 Å². The van der Waals surface area contributed by atoms with Gasteiger partial charge in [-0.05, 0) is 50.8 Å². The predicted octanol–water partition coefficient (Wildman–Crippen LogP) is 6.51. The van der Waals surface area contributed by atoms with Crippen molar-refractivity contribution in [3.63, 3.8) is 0 Å². The molecule has 0 fully saturated rings. The molecule has 3 aromatic rings. The maximum atomic E-state index is 6.46. The highest BCUT2D eigenvalue weighted by atomic mass is 16.3. The predicted molar refractivity (Wildman–Crippen MR) is 100.0 cm³/mol. The molecule has 0 bridgehead atoms. The molecule has 1 aliphatic rings. The van der Waals surface area contributed by atoms with E-state index in [9.17, 15) is 0 Å². The summed E-state index contributed by atoms with van der Waals surface area (Å²) in [5.74, 6) is 2.12. The van der Waals surface area contributed by atoms with Gasteiger partial charge in [0.2, 0.25) is 0 Å². The van der Waals surface area contributed by atoms with Crippen LogP contribution in [0.3, 0.4) is 0 Å². The van der Waals surface area contributed by atoms with Gasteiger partial charge in [-0.15, -0.1) is 0 Å². The van der Waals surface area contributed by atoms with E-state index >= 15 is 0 Å². The van der Waals surface area contributed by atoms with Crippen molar-refractivity contribution in [2.24, 2.45) is 0 Å². The van der Waals surface area contributed by atoms with Crippen LogP contribution in [0.4, 0.5) is 0 Å². The minimum absolute atomic E-state index is 0.0852. The van der Waals surface area contributed by atoms with Crippen molar-refractivity contribution in [2.75, 3.05) is 0 Å². The van der Waals surface area contributed by atoms with Crippen molar-refractivity contribution in [1.82, 2.24) is 0 Å². The molecule has 0 radical (unpaired) electrons. The Morgan fingerprint density at radius 3 is 2.12 bits per heavy atom. The van der Waals surface area contributed by atoms with Crippen LogP contribution in [0.25, 0.3) is 22.5 Å². The fourth-order valence-electron chi connectivity index (χ4n) is 3.78. The van der Waals surface area contributed by atoms with E-state index in [-0.39, 0.29) is 5.41 Å². The molecule has 1 heteroatoms. The van der Waals surface area contributed by atoms with Gasteiger partial charge in [-0.3, -0.25) is 0 Å². The topological polar surface area (TPSA) is 11.3 Å². The van der Waals surface area contributed by atoms with Crippen molar-refractivity contribution < 1.29 is 4.42 Å². The summed E-state index contributed by atoms with van der Waals surface area (Å²) < 4.78 is 6.46. The molecule has 1 nitrogen and oxygen atoms in total. The molecule has 0 atom stereocenters. The molecule has 0 spiro atoms. The largest absolute Gasteiger partial charge is 0.360 e. The second-order valence-electron chi connectivity index (χ2n) is 7.30. The SMILES string of the molecule is CC1(C)CCCc2c(-c3ccccc3)cc(-c3ccccc3)[o+]c21. The quantitative estimate of drug-likeness (QED) is 0.491. The minimum atomic E-state index is 0.0852. The zero-order chi connectivity index (χ0) is 16.6. The second kappa shape index (κ2) is 5.90. The van der Waals surface area contributed by atoms with E-state index in [4.69, 9.17) is 4.42 Å². The van der Waals surface area contributed by atoms with Crippen molar-refractivity contribution in [3.05, 3.63) is 78.1 Å². The lowest BCUT2D eigenvalue weighted by atomic mass is 9.75. The Morgan fingerprint density at radius 1 is 0.833 bits per heavy atom. The van der Waals surface area contributed by atoms with E-state index in [0.717, 1.165) is 23.5 Å². The summed E-state index contributed by atoms with van der Waals surface area (Å²) in [4.78, 5) is 0. The van der Waals surface area contributed by atoms with E-state index in [0.29, 0.717) is 0 Å². The molecule has 0 saturated heterocycles. The van der Waals surface area contributed by atoms with Crippen LogP contribution < -0.4 is 0 Å². The van der Waals surface area contributed by atoms with Crippen molar-refractivity contribution >= 4 is 0 Å². The van der Waals surface area contributed by atoms with Gasteiger partial charge in [-0.2, -0.15) is 0 Å². The lowest BCUT2D eigenvalue weighted by Crippen LogP contribution is -2.24. The highest BCUT2D eigenvalue weighted by molar-refractivity contribution is 5.73. The van der Waals surface area contributed by atoms with Crippen LogP contribution in [0.1, 0.15) is 38.0 Å².